The summed E-state index contributed by atoms with van der Waals surface area (Å²) < 4.78 is 22.5. The average Bonchev–Trinajstić information content (AvgIpc) is 2.88. The number of ether oxygens (including phenoxy) is 1. The Hall–Kier alpha value is -2.48. The molecule has 2 aromatic heterocycles. The minimum Gasteiger partial charge on any atom is -0.473 e. The molecule has 134 valence electrons. The second-order valence-electron chi connectivity index (χ2n) is 6.67. The molecule has 6 nitrogen and oxygen atoms in total. The van der Waals surface area contributed by atoms with Crippen LogP contribution >= 0.6 is 15.9 Å². The van der Waals surface area contributed by atoms with Crippen molar-refractivity contribution >= 4 is 33.2 Å². The lowest BCUT2D eigenvalue weighted by Crippen LogP contribution is -2.52. The number of fused-ring (bicyclic) bond motifs is 2. The zero-order valence-corrected chi connectivity index (χ0v) is 16.0. The van der Waals surface area contributed by atoms with E-state index in [0.717, 1.165) is 11.4 Å². The van der Waals surface area contributed by atoms with Gasteiger partial charge in [-0.2, -0.15) is 0 Å². The molecule has 0 bridgehead atoms. The van der Waals surface area contributed by atoms with Crippen LogP contribution in [0.25, 0.3) is 5.65 Å². The monoisotopic (exact) mass is 418 g/mol. The fourth-order valence-electron chi connectivity index (χ4n) is 3.14. The fourth-order valence-corrected chi connectivity index (χ4v) is 3.45. The molecular weight excluding hydrogens is 403 g/mol. The molecule has 0 saturated heterocycles. The normalized spacial score (nSPS) is 15.9. The summed E-state index contributed by atoms with van der Waals surface area (Å²) in [7, 11) is 0. The Balaban J connectivity index is 1.86. The SMILES string of the molecule is Cc1nc2cnc(Br)cn2c1CN1C(=O)C(C)(C)Oc2c(F)cccc21. The highest BCUT2D eigenvalue weighted by Crippen LogP contribution is 2.40. The lowest BCUT2D eigenvalue weighted by Gasteiger charge is -2.38. The number of hydrogen-bond donors (Lipinski definition) is 0. The molecule has 0 unspecified atom stereocenters. The number of carbonyl (C=O) groups excluding carboxylic acids is 1. The summed E-state index contributed by atoms with van der Waals surface area (Å²) in [6.07, 6.45) is 3.45. The number of rotatable bonds is 2. The highest BCUT2D eigenvalue weighted by molar-refractivity contribution is 9.10. The van der Waals surface area contributed by atoms with Crippen LogP contribution in [-0.2, 0) is 11.3 Å². The number of amides is 1. The lowest BCUT2D eigenvalue weighted by atomic mass is 10.0. The van der Waals surface area contributed by atoms with Gasteiger partial charge >= 0.3 is 0 Å². The van der Waals surface area contributed by atoms with Gasteiger partial charge < -0.3 is 4.74 Å². The highest BCUT2D eigenvalue weighted by atomic mass is 79.9. The summed E-state index contributed by atoms with van der Waals surface area (Å²) in [5.41, 5.74) is 1.53. The van der Waals surface area contributed by atoms with Crippen LogP contribution < -0.4 is 9.64 Å². The van der Waals surface area contributed by atoms with Crippen molar-refractivity contribution in [3.05, 3.63) is 52.4 Å². The molecule has 8 heteroatoms. The summed E-state index contributed by atoms with van der Waals surface area (Å²) in [5, 5.41) is 0. The van der Waals surface area contributed by atoms with Crippen LogP contribution in [0.3, 0.4) is 0 Å². The highest BCUT2D eigenvalue weighted by Gasteiger charge is 2.42. The van der Waals surface area contributed by atoms with E-state index in [4.69, 9.17) is 4.74 Å². The topological polar surface area (TPSA) is 59.7 Å². The minimum atomic E-state index is -1.16. The van der Waals surface area contributed by atoms with E-state index < -0.39 is 11.4 Å². The number of para-hydroxylation sites is 1. The average molecular weight is 419 g/mol. The second-order valence-corrected chi connectivity index (χ2v) is 7.49. The molecule has 0 aliphatic carbocycles. The van der Waals surface area contributed by atoms with Crippen molar-refractivity contribution in [1.29, 1.82) is 0 Å². The van der Waals surface area contributed by atoms with Crippen LogP contribution in [0.5, 0.6) is 5.75 Å². The molecule has 1 aliphatic rings. The maximum Gasteiger partial charge on any atom is 0.271 e. The molecule has 0 atom stereocenters. The third-order valence-electron chi connectivity index (χ3n) is 4.44. The Morgan fingerprint density at radius 2 is 2.12 bits per heavy atom. The number of aryl methyl sites for hydroxylation is 1. The van der Waals surface area contributed by atoms with E-state index in [0.29, 0.717) is 15.9 Å². The Bertz CT molecular complexity index is 1050. The molecule has 1 aromatic carbocycles. The van der Waals surface area contributed by atoms with E-state index in [1.807, 2.05) is 11.3 Å². The van der Waals surface area contributed by atoms with E-state index >= 15 is 0 Å². The maximum absolute atomic E-state index is 14.3. The van der Waals surface area contributed by atoms with Crippen LogP contribution in [0, 0.1) is 12.7 Å². The standard InChI is InChI=1S/C18H16BrFN4O2/c1-10-13(23-9-14(19)21-7-15(23)22-10)8-24-12-6-4-5-11(20)16(12)26-18(2,3)17(24)25/h4-7,9H,8H2,1-3H3. The number of anilines is 1. The Labute approximate surface area is 157 Å². The lowest BCUT2D eigenvalue weighted by molar-refractivity contribution is -0.133. The van der Waals surface area contributed by atoms with Crippen LogP contribution in [-0.4, -0.2) is 25.9 Å². The number of nitrogens with zero attached hydrogens (tertiary/aromatic N) is 4. The summed E-state index contributed by atoms with van der Waals surface area (Å²) in [5.74, 6) is -0.639. The predicted octanol–water partition coefficient (Wildman–Crippen LogP) is 3.64. The first-order chi connectivity index (χ1) is 12.3. The number of aromatic nitrogens is 3. The van der Waals surface area contributed by atoms with Crippen LogP contribution in [0.2, 0.25) is 0 Å². The number of halogens is 2. The van der Waals surface area contributed by atoms with Gasteiger partial charge in [0.25, 0.3) is 5.91 Å². The van der Waals surface area contributed by atoms with Crippen LogP contribution in [0.15, 0.2) is 35.2 Å². The number of imidazole rings is 1. The molecule has 0 fully saturated rings. The third-order valence-corrected chi connectivity index (χ3v) is 4.85. The molecule has 0 saturated carbocycles. The van der Waals surface area contributed by atoms with Gasteiger partial charge in [-0.3, -0.25) is 14.1 Å². The Morgan fingerprint density at radius 1 is 1.35 bits per heavy atom. The van der Waals surface area contributed by atoms with Gasteiger partial charge in [0, 0.05) is 6.20 Å². The fraction of sp³-hybridized carbons (Fsp3) is 0.278. The van der Waals surface area contributed by atoms with E-state index in [1.54, 1.807) is 43.3 Å². The second kappa shape index (κ2) is 5.77. The van der Waals surface area contributed by atoms with Crippen molar-refractivity contribution < 1.29 is 13.9 Å². The minimum absolute atomic E-state index is 0.0893. The first kappa shape index (κ1) is 17.0. The van der Waals surface area contributed by atoms with E-state index in [9.17, 15) is 9.18 Å². The summed E-state index contributed by atoms with van der Waals surface area (Å²) >= 11 is 3.36. The predicted molar refractivity (Wildman–Crippen MR) is 97.7 cm³/mol. The molecule has 3 aromatic rings. The van der Waals surface area contributed by atoms with Crippen molar-refractivity contribution in [2.75, 3.05) is 4.90 Å². The quantitative estimate of drug-likeness (QED) is 0.637. The van der Waals surface area contributed by atoms with Gasteiger partial charge in [0.1, 0.15) is 4.60 Å². The molecule has 26 heavy (non-hydrogen) atoms. The summed E-state index contributed by atoms with van der Waals surface area (Å²) in [6, 6.07) is 4.57. The van der Waals surface area contributed by atoms with Gasteiger partial charge in [-0.15, -0.1) is 0 Å². The molecule has 0 spiro atoms. The van der Waals surface area contributed by atoms with E-state index in [2.05, 4.69) is 25.9 Å². The zero-order chi connectivity index (χ0) is 18.6. The number of benzene rings is 1. The zero-order valence-electron chi connectivity index (χ0n) is 14.5. The third kappa shape index (κ3) is 2.56. The largest absolute Gasteiger partial charge is 0.473 e. The molecule has 0 radical (unpaired) electrons. The molecule has 3 heterocycles. The van der Waals surface area contributed by atoms with Crippen molar-refractivity contribution in [2.24, 2.45) is 0 Å². The summed E-state index contributed by atoms with van der Waals surface area (Å²) in [4.78, 5) is 23.2. The smallest absolute Gasteiger partial charge is 0.271 e. The molecule has 0 N–H and O–H groups in total. The maximum atomic E-state index is 14.3. The van der Waals surface area contributed by atoms with Crippen molar-refractivity contribution in [1.82, 2.24) is 14.4 Å². The van der Waals surface area contributed by atoms with Gasteiger partial charge in [0.2, 0.25) is 0 Å². The van der Waals surface area contributed by atoms with Crippen LogP contribution in [0.1, 0.15) is 25.2 Å². The molecule has 1 aliphatic heterocycles. The number of carbonyl (C=O) groups is 1. The van der Waals surface area contributed by atoms with Gasteiger partial charge in [0.05, 0.1) is 29.8 Å². The molecule has 1 amide bonds. The Kier molecular flexibility index (Phi) is 3.76. The van der Waals surface area contributed by atoms with E-state index in [-0.39, 0.29) is 18.2 Å². The van der Waals surface area contributed by atoms with Crippen LogP contribution in [0.4, 0.5) is 10.1 Å². The first-order valence-electron chi connectivity index (χ1n) is 8.06. The first-order valence-corrected chi connectivity index (χ1v) is 8.86. The van der Waals surface area contributed by atoms with Crippen molar-refractivity contribution in [3.8, 4) is 5.75 Å². The molecular formula is C18H16BrFN4O2. The summed E-state index contributed by atoms with van der Waals surface area (Å²) in [6.45, 7) is 5.39. The Morgan fingerprint density at radius 3 is 2.88 bits per heavy atom. The van der Waals surface area contributed by atoms with Crippen molar-refractivity contribution in [3.63, 3.8) is 0 Å². The van der Waals surface area contributed by atoms with Crippen molar-refractivity contribution in [2.45, 2.75) is 32.9 Å². The van der Waals surface area contributed by atoms with Gasteiger partial charge in [-0.1, -0.05) is 6.07 Å². The number of hydrogen-bond acceptors (Lipinski definition) is 4. The van der Waals surface area contributed by atoms with Gasteiger partial charge in [-0.25, -0.2) is 14.4 Å². The van der Waals surface area contributed by atoms with Gasteiger partial charge in [0.15, 0.2) is 22.8 Å². The molecule has 4 rings (SSSR count). The van der Waals surface area contributed by atoms with E-state index in [1.165, 1.54) is 6.07 Å². The van der Waals surface area contributed by atoms with Gasteiger partial charge in [-0.05, 0) is 48.8 Å².